The molecule has 11 heavy (non-hydrogen) atoms. The van der Waals surface area contributed by atoms with Crippen LogP contribution in [0, 0.1) is 0 Å². The van der Waals surface area contributed by atoms with Crippen molar-refractivity contribution in [1.82, 2.24) is 0 Å². The fraction of sp³-hybridized carbons (Fsp3) is 0. The third-order valence-corrected chi connectivity index (χ3v) is 1.82. The Morgan fingerprint density at radius 2 is 2.09 bits per heavy atom. The van der Waals surface area contributed by atoms with E-state index in [9.17, 15) is 13.2 Å². The van der Waals surface area contributed by atoms with Crippen molar-refractivity contribution >= 4 is 10.1 Å². The molecule has 0 aliphatic rings. The molecule has 0 atom stereocenters. The molecule has 6 heteroatoms. The van der Waals surface area contributed by atoms with Crippen molar-refractivity contribution in [3.05, 3.63) is 28.8 Å². The largest absolute Gasteiger partial charge is 0.431 e. The molecule has 0 aromatic carbocycles. The second-order valence-corrected chi connectivity index (χ2v) is 3.18. The lowest BCUT2D eigenvalue weighted by Crippen LogP contribution is -2.03. The highest BCUT2D eigenvalue weighted by Crippen LogP contribution is 2.02. The van der Waals surface area contributed by atoms with Gasteiger partial charge in [-0.25, -0.2) is 4.79 Å². The Morgan fingerprint density at radius 3 is 2.45 bits per heavy atom. The first-order chi connectivity index (χ1) is 5.00. The van der Waals surface area contributed by atoms with Crippen molar-refractivity contribution < 1.29 is 17.4 Å². The van der Waals surface area contributed by atoms with Crippen molar-refractivity contribution in [2.24, 2.45) is 0 Å². The SMILES string of the molecule is O=c1cc(S(=O)(=O)O)cco1. The average Bonchev–Trinajstić information content (AvgIpc) is 1.86. The smallest absolute Gasteiger partial charge is 0.336 e. The van der Waals surface area contributed by atoms with Gasteiger partial charge in [0.1, 0.15) is 4.90 Å². The summed E-state index contributed by atoms with van der Waals surface area (Å²) in [6.07, 6.45) is 0.894. The number of rotatable bonds is 1. The first-order valence-corrected chi connectivity index (χ1v) is 4.00. The molecule has 1 rings (SSSR count). The summed E-state index contributed by atoms with van der Waals surface area (Å²) >= 11 is 0. The van der Waals surface area contributed by atoms with Gasteiger partial charge in [-0.15, -0.1) is 0 Å². The predicted molar refractivity (Wildman–Crippen MR) is 34.8 cm³/mol. The molecule has 0 fully saturated rings. The maximum absolute atomic E-state index is 10.4. The quantitative estimate of drug-likeness (QED) is 0.603. The molecule has 0 aliphatic heterocycles. The third-order valence-electron chi connectivity index (χ3n) is 0.974. The van der Waals surface area contributed by atoms with E-state index in [1.807, 2.05) is 0 Å². The summed E-state index contributed by atoms with van der Waals surface area (Å²) < 4.78 is 33.4. The van der Waals surface area contributed by atoms with Crippen LogP contribution < -0.4 is 5.63 Å². The summed E-state index contributed by atoms with van der Waals surface area (Å²) in [5.74, 6) is 0. The second kappa shape index (κ2) is 2.48. The predicted octanol–water partition coefficient (Wildman–Crippen LogP) is -0.114. The van der Waals surface area contributed by atoms with Crippen molar-refractivity contribution in [2.75, 3.05) is 0 Å². The molecular formula is C5H4O5S. The van der Waals surface area contributed by atoms with E-state index in [0.29, 0.717) is 6.07 Å². The molecule has 0 amide bonds. The van der Waals surface area contributed by atoms with Crippen LogP contribution in [0.1, 0.15) is 0 Å². The van der Waals surface area contributed by atoms with Crippen LogP contribution in [0.25, 0.3) is 0 Å². The van der Waals surface area contributed by atoms with Gasteiger partial charge in [-0.1, -0.05) is 0 Å². The minimum Gasteiger partial charge on any atom is -0.431 e. The molecule has 5 nitrogen and oxygen atoms in total. The van der Waals surface area contributed by atoms with Crippen molar-refractivity contribution in [3.8, 4) is 0 Å². The van der Waals surface area contributed by atoms with E-state index in [2.05, 4.69) is 4.42 Å². The molecule has 1 aromatic heterocycles. The van der Waals surface area contributed by atoms with Crippen LogP contribution in [0.4, 0.5) is 0 Å². The number of hydrogen-bond acceptors (Lipinski definition) is 4. The molecule has 0 spiro atoms. The van der Waals surface area contributed by atoms with Crippen molar-refractivity contribution in [2.45, 2.75) is 4.90 Å². The van der Waals surface area contributed by atoms with Gasteiger partial charge >= 0.3 is 5.63 Å². The molecule has 0 unspecified atom stereocenters. The Morgan fingerprint density at radius 1 is 1.45 bits per heavy atom. The Hall–Kier alpha value is -1.14. The van der Waals surface area contributed by atoms with E-state index in [-0.39, 0.29) is 0 Å². The zero-order valence-corrected chi connectivity index (χ0v) is 6.04. The zero-order chi connectivity index (χ0) is 8.48. The van der Waals surface area contributed by atoms with Gasteiger partial charge in [-0.05, 0) is 6.07 Å². The first-order valence-electron chi connectivity index (χ1n) is 2.56. The maximum Gasteiger partial charge on any atom is 0.336 e. The van der Waals surface area contributed by atoms with Gasteiger partial charge in [0.05, 0.1) is 6.26 Å². The van der Waals surface area contributed by atoms with Crippen LogP contribution in [0.3, 0.4) is 0 Å². The van der Waals surface area contributed by atoms with E-state index < -0.39 is 20.6 Å². The summed E-state index contributed by atoms with van der Waals surface area (Å²) in [5.41, 5.74) is -0.819. The van der Waals surface area contributed by atoms with Crippen LogP contribution in [-0.2, 0) is 10.1 Å². The molecule has 0 saturated carbocycles. The molecule has 1 aromatic rings. The molecule has 0 aliphatic carbocycles. The minimum atomic E-state index is -4.29. The normalized spacial score (nSPS) is 11.4. The molecular weight excluding hydrogens is 172 g/mol. The summed E-state index contributed by atoms with van der Waals surface area (Å²) in [6.45, 7) is 0. The van der Waals surface area contributed by atoms with Gasteiger partial charge in [0.15, 0.2) is 0 Å². The standard InChI is InChI=1S/C5H4O5S/c6-5-3-4(1-2-10-5)11(7,8)9/h1-3H,(H,7,8,9). The minimum absolute atomic E-state index is 0.464. The second-order valence-electron chi connectivity index (χ2n) is 1.76. The van der Waals surface area contributed by atoms with Gasteiger partial charge in [0.25, 0.3) is 10.1 Å². The van der Waals surface area contributed by atoms with Gasteiger partial charge < -0.3 is 4.42 Å². The van der Waals surface area contributed by atoms with Crippen LogP contribution in [-0.4, -0.2) is 13.0 Å². The van der Waals surface area contributed by atoms with Gasteiger partial charge in [-0.2, -0.15) is 8.42 Å². The van der Waals surface area contributed by atoms with E-state index in [1.165, 1.54) is 0 Å². The van der Waals surface area contributed by atoms with E-state index >= 15 is 0 Å². The lowest BCUT2D eigenvalue weighted by atomic mass is 10.5. The highest BCUT2D eigenvalue weighted by molar-refractivity contribution is 7.85. The Labute approximate surface area is 62.0 Å². The average molecular weight is 176 g/mol. The Bertz CT molecular complexity index is 401. The fourth-order valence-corrected chi connectivity index (χ4v) is 1.000. The third kappa shape index (κ3) is 1.89. The van der Waals surface area contributed by atoms with E-state index in [4.69, 9.17) is 4.55 Å². The lowest BCUT2D eigenvalue weighted by molar-refractivity contribution is 0.473. The van der Waals surface area contributed by atoms with Crippen LogP contribution in [0.15, 0.2) is 32.5 Å². The highest BCUT2D eigenvalue weighted by Gasteiger charge is 2.08. The summed E-state index contributed by atoms with van der Waals surface area (Å²) in [5, 5.41) is 0. The maximum atomic E-state index is 10.4. The van der Waals surface area contributed by atoms with Crippen LogP contribution >= 0.6 is 0 Å². The van der Waals surface area contributed by atoms with Gasteiger partial charge in [0.2, 0.25) is 0 Å². The lowest BCUT2D eigenvalue weighted by Gasteiger charge is -1.91. The molecule has 1 N–H and O–H groups in total. The van der Waals surface area contributed by atoms with Crippen molar-refractivity contribution in [3.63, 3.8) is 0 Å². The first kappa shape index (κ1) is 7.96. The summed E-state index contributed by atoms with van der Waals surface area (Å²) in [4.78, 5) is 9.93. The van der Waals surface area contributed by atoms with Gasteiger partial charge in [-0.3, -0.25) is 4.55 Å². The fourth-order valence-electron chi connectivity index (χ4n) is 0.527. The molecule has 1 heterocycles. The molecule has 0 radical (unpaired) electrons. The van der Waals surface area contributed by atoms with Gasteiger partial charge in [0, 0.05) is 6.07 Å². The number of hydrogen-bond donors (Lipinski definition) is 1. The van der Waals surface area contributed by atoms with Crippen molar-refractivity contribution in [1.29, 1.82) is 0 Å². The van der Waals surface area contributed by atoms with Crippen LogP contribution in [0.2, 0.25) is 0 Å². The zero-order valence-electron chi connectivity index (χ0n) is 5.22. The Kier molecular flexibility index (Phi) is 1.79. The molecule has 60 valence electrons. The highest BCUT2D eigenvalue weighted by atomic mass is 32.2. The van der Waals surface area contributed by atoms with E-state index in [1.54, 1.807) is 0 Å². The Balaban J connectivity index is 3.40. The summed E-state index contributed by atoms with van der Waals surface area (Å²) in [7, 11) is -4.29. The topological polar surface area (TPSA) is 84.6 Å². The molecule has 0 bridgehead atoms. The monoisotopic (exact) mass is 176 g/mol. The van der Waals surface area contributed by atoms with Crippen LogP contribution in [0.5, 0.6) is 0 Å². The summed E-state index contributed by atoms with van der Waals surface area (Å²) in [6, 6.07) is 1.67. The van der Waals surface area contributed by atoms with E-state index in [0.717, 1.165) is 12.3 Å². The molecule has 0 saturated heterocycles.